The van der Waals surface area contributed by atoms with Crippen LogP contribution in [0, 0.1) is 0 Å². The van der Waals surface area contributed by atoms with E-state index in [-0.39, 0.29) is 0 Å². The lowest BCUT2D eigenvalue weighted by Crippen LogP contribution is -2.32. The van der Waals surface area contributed by atoms with Crippen molar-refractivity contribution in [2.75, 3.05) is 6.54 Å². The molecule has 0 atom stereocenters. The lowest BCUT2D eigenvalue weighted by atomic mass is 10.1. The summed E-state index contributed by atoms with van der Waals surface area (Å²) in [6, 6.07) is 8.07. The summed E-state index contributed by atoms with van der Waals surface area (Å²) < 4.78 is 1.06. The number of hydrazone groups is 1. The molecule has 0 aromatic heterocycles. The number of hydrogen-bond donors (Lipinski definition) is 2. The number of benzene rings is 1. The maximum Gasteiger partial charge on any atom is 0.186 e. The molecule has 0 aliphatic carbocycles. The molecule has 0 unspecified atom stereocenters. The highest BCUT2D eigenvalue weighted by atomic mass is 79.9. The van der Waals surface area contributed by atoms with Crippen molar-refractivity contribution in [1.82, 2.24) is 10.7 Å². The first-order valence-electron chi connectivity index (χ1n) is 5.53. The van der Waals surface area contributed by atoms with Gasteiger partial charge in [-0.3, -0.25) is 5.43 Å². The minimum Gasteiger partial charge on any atom is -0.362 e. The summed E-state index contributed by atoms with van der Waals surface area (Å²) in [5.41, 5.74) is 4.93. The molecule has 0 saturated heterocycles. The molecule has 0 fully saturated rings. The molecule has 2 N–H and O–H groups in total. The molecule has 3 nitrogen and oxygen atoms in total. The van der Waals surface area contributed by atoms with Gasteiger partial charge in [-0.05, 0) is 43.3 Å². The highest BCUT2D eigenvalue weighted by molar-refractivity contribution is 9.10. The SMILES string of the molecule is CCNC(=S)N/N=C(/CC)c1ccc(Br)cc1. The third-order valence-corrected chi connectivity index (χ3v) is 2.91. The van der Waals surface area contributed by atoms with Gasteiger partial charge in [-0.25, -0.2) is 0 Å². The van der Waals surface area contributed by atoms with Crippen molar-refractivity contribution in [3.63, 3.8) is 0 Å². The summed E-state index contributed by atoms with van der Waals surface area (Å²) in [6.07, 6.45) is 0.851. The maximum atomic E-state index is 5.05. The average molecular weight is 314 g/mol. The van der Waals surface area contributed by atoms with Gasteiger partial charge < -0.3 is 5.32 Å². The number of hydrogen-bond acceptors (Lipinski definition) is 2. The molecule has 0 heterocycles. The molecule has 0 saturated carbocycles. The summed E-state index contributed by atoms with van der Waals surface area (Å²) >= 11 is 8.47. The van der Waals surface area contributed by atoms with Crippen LogP contribution in [0.4, 0.5) is 0 Å². The maximum absolute atomic E-state index is 5.05. The molecule has 1 aromatic rings. The lowest BCUT2D eigenvalue weighted by Gasteiger charge is -2.07. The average Bonchev–Trinajstić information content (AvgIpc) is 2.32. The Hall–Kier alpha value is -0.940. The van der Waals surface area contributed by atoms with Gasteiger partial charge >= 0.3 is 0 Å². The molecule has 17 heavy (non-hydrogen) atoms. The highest BCUT2D eigenvalue weighted by Crippen LogP contribution is 2.12. The Labute approximate surface area is 116 Å². The van der Waals surface area contributed by atoms with Crippen LogP contribution in [0.1, 0.15) is 25.8 Å². The summed E-state index contributed by atoms with van der Waals surface area (Å²) in [4.78, 5) is 0. The van der Waals surface area contributed by atoms with E-state index in [0.29, 0.717) is 5.11 Å². The van der Waals surface area contributed by atoms with E-state index in [9.17, 15) is 0 Å². The van der Waals surface area contributed by atoms with E-state index in [1.807, 2.05) is 31.2 Å². The van der Waals surface area contributed by atoms with Gasteiger partial charge in [-0.15, -0.1) is 0 Å². The molecule has 1 rings (SSSR count). The Morgan fingerprint density at radius 3 is 2.47 bits per heavy atom. The van der Waals surface area contributed by atoms with Gasteiger partial charge in [0.1, 0.15) is 0 Å². The van der Waals surface area contributed by atoms with E-state index in [1.54, 1.807) is 0 Å². The zero-order valence-electron chi connectivity index (χ0n) is 9.96. The molecule has 5 heteroatoms. The van der Waals surface area contributed by atoms with Crippen molar-refractivity contribution in [2.45, 2.75) is 20.3 Å². The molecular formula is C12H16BrN3S. The fraction of sp³-hybridized carbons (Fsp3) is 0.333. The van der Waals surface area contributed by atoms with Crippen LogP contribution < -0.4 is 10.7 Å². The lowest BCUT2D eigenvalue weighted by molar-refractivity contribution is 0.897. The van der Waals surface area contributed by atoms with Gasteiger partial charge in [0.25, 0.3) is 0 Å². The van der Waals surface area contributed by atoms with Crippen LogP contribution >= 0.6 is 28.1 Å². The van der Waals surface area contributed by atoms with Crippen molar-refractivity contribution in [2.24, 2.45) is 5.10 Å². The third-order valence-electron chi connectivity index (χ3n) is 2.14. The fourth-order valence-corrected chi connectivity index (χ4v) is 1.76. The van der Waals surface area contributed by atoms with Gasteiger partial charge in [0.15, 0.2) is 5.11 Å². The second kappa shape index (κ2) is 7.40. The summed E-state index contributed by atoms with van der Waals surface area (Å²) in [7, 11) is 0. The fourth-order valence-electron chi connectivity index (χ4n) is 1.31. The summed E-state index contributed by atoms with van der Waals surface area (Å²) in [6.45, 7) is 4.85. The predicted molar refractivity (Wildman–Crippen MR) is 80.4 cm³/mol. The Balaban J connectivity index is 2.73. The van der Waals surface area contributed by atoms with Crippen molar-refractivity contribution in [3.05, 3.63) is 34.3 Å². The smallest absolute Gasteiger partial charge is 0.186 e. The van der Waals surface area contributed by atoms with Crippen molar-refractivity contribution in [3.8, 4) is 0 Å². The number of nitrogens with zero attached hydrogens (tertiary/aromatic N) is 1. The second-order valence-corrected chi connectivity index (χ2v) is 4.71. The molecule has 0 spiro atoms. The molecular weight excluding hydrogens is 298 g/mol. The van der Waals surface area contributed by atoms with Gasteiger partial charge in [0.2, 0.25) is 0 Å². The van der Waals surface area contributed by atoms with Gasteiger partial charge in [0, 0.05) is 11.0 Å². The highest BCUT2D eigenvalue weighted by Gasteiger charge is 2.01. The molecule has 0 aliphatic rings. The zero-order chi connectivity index (χ0) is 12.7. The Morgan fingerprint density at radius 2 is 1.94 bits per heavy atom. The first-order chi connectivity index (χ1) is 8.17. The van der Waals surface area contributed by atoms with Crippen molar-refractivity contribution in [1.29, 1.82) is 0 Å². The number of thiocarbonyl (C=S) groups is 1. The standard InChI is InChI=1S/C12H16BrN3S/c1-3-11(15-16-12(17)14-4-2)9-5-7-10(13)8-6-9/h5-8H,3-4H2,1-2H3,(H2,14,16,17)/b15-11-. The Bertz CT molecular complexity index is 401. The van der Waals surface area contributed by atoms with Gasteiger partial charge in [0.05, 0.1) is 5.71 Å². The van der Waals surface area contributed by atoms with Crippen molar-refractivity contribution < 1.29 is 0 Å². The van der Waals surface area contributed by atoms with E-state index in [1.165, 1.54) is 0 Å². The normalized spacial score (nSPS) is 11.1. The molecule has 0 radical (unpaired) electrons. The molecule has 0 amide bonds. The zero-order valence-corrected chi connectivity index (χ0v) is 12.4. The number of nitrogens with one attached hydrogen (secondary N) is 2. The topological polar surface area (TPSA) is 36.4 Å². The quantitative estimate of drug-likeness (QED) is 0.509. The Kier molecular flexibility index (Phi) is 6.15. The predicted octanol–water partition coefficient (Wildman–Crippen LogP) is 3.05. The molecule has 0 bridgehead atoms. The van der Waals surface area contributed by atoms with Gasteiger partial charge in [-0.2, -0.15) is 5.10 Å². The molecule has 92 valence electrons. The van der Waals surface area contributed by atoms with Crippen LogP contribution in [0.15, 0.2) is 33.8 Å². The van der Waals surface area contributed by atoms with E-state index >= 15 is 0 Å². The van der Waals surface area contributed by atoms with Crippen LogP contribution in [0.3, 0.4) is 0 Å². The van der Waals surface area contributed by atoms with Crippen LogP contribution in [0.5, 0.6) is 0 Å². The largest absolute Gasteiger partial charge is 0.362 e. The minimum atomic E-state index is 0.551. The summed E-state index contributed by atoms with van der Waals surface area (Å²) in [5.74, 6) is 0. The van der Waals surface area contributed by atoms with Crippen LogP contribution in [0.25, 0.3) is 0 Å². The number of rotatable bonds is 4. The summed E-state index contributed by atoms with van der Waals surface area (Å²) in [5, 5.41) is 7.85. The van der Waals surface area contributed by atoms with E-state index in [2.05, 4.69) is 38.7 Å². The van der Waals surface area contributed by atoms with Crippen molar-refractivity contribution >= 4 is 39.0 Å². The van der Waals surface area contributed by atoms with Crippen LogP contribution in [-0.4, -0.2) is 17.4 Å². The van der Waals surface area contributed by atoms with E-state index in [0.717, 1.165) is 28.7 Å². The second-order valence-electron chi connectivity index (χ2n) is 3.39. The molecule has 1 aromatic carbocycles. The van der Waals surface area contributed by atoms with Crippen LogP contribution in [-0.2, 0) is 0 Å². The molecule has 0 aliphatic heterocycles. The number of halogens is 1. The first-order valence-corrected chi connectivity index (χ1v) is 6.73. The first kappa shape index (κ1) is 14.1. The minimum absolute atomic E-state index is 0.551. The van der Waals surface area contributed by atoms with E-state index in [4.69, 9.17) is 12.2 Å². The van der Waals surface area contributed by atoms with Crippen LogP contribution in [0.2, 0.25) is 0 Å². The van der Waals surface area contributed by atoms with Gasteiger partial charge in [-0.1, -0.05) is 35.0 Å². The van der Waals surface area contributed by atoms with E-state index < -0.39 is 0 Å². The monoisotopic (exact) mass is 313 g/mol. The Morgan fingerprint density at radius 1 is 1.29 bits per heavy atom. The third kappa shape index (κ3) is 4.83.